The van der Waals surface area contributed by atoms with Gasteiger partial charge in [0.05, 0.1) is 34.0 Å². The summed E-state index contributed by atoms with van der Waals surface area (Å²) in [6.07, 6.45) is 5.22. The topological polar surface area (TPSA) is 173 Å². The van der Waals surface area contributed by atoms with Crippen LogP contribution in [-0.4, -0.2) is 132 Å². The van der Waals surface area contributed by atoms with E-state index >= 15 is 8.78 Å². The lowest BCUT2D eigenvalue weighted by Gasteiger charge is -2.47. The van der Waals surface area contributed by atoms with Gasteiger partial charge in [-0.1, -0.05) is 6.92 Å². The molecule has 0 spiro atoms. The summed E-state index contributed by atoms with van der Waals surface area (Å²) in [6, 6.07) is 11.0. The van der Waals surface area contributed by atoms with Gasteiger partial charge in [0.15, 0.2) is 0 Å². The smallest absolute Gasteiger partial charge is 0.274 e. The molecule has 16 nitrogen and oxygen atoms in total. The maximum atomic E-state index is 15.2. The number of ether oxygens (including phenoxy) is 1. The molecule has 374 valence electrons. The summed E-state index contributed by atoms with van der Waals surface area (Å²) in [5.41, 5.74) is 3.79. The van der Waals surface area contributed by atoms with Gasteiger partial charge in [-0.25, -0.2) is 18.4 Å². The first-order valence-electron chi connectivity index (χ1n) is 24.5. The van der Waals surface area contributed by atoms with Crippen molar-refractivity contribution >= 4 is 79.6 Å². The second kappa shape index (κ2) is 20.9. The van der Waals surface area contributed by atoms with Crippen molar-refractivity contribution < 1.29 is 28.0 Å². The molecule has 9 rings (SSSR count). The monoisotopic (exact) mass is 1050 g/mol. The number of rotatable bonds is 15. The molecule has 2 atom stereocenters. The number of benzene rings is 3. The van der Waals surface area contributed by atoms with Crippen LogP contribution < -0.4 is 41.4 Å². The number of fused-ring (bicyclic) bond motifs is 1. The number of halogens is 3. The number of anilines is 6. The van der Waals surface area contributed by atoms with Crippen LogP contribution in [-0.2, 0) is 22.3 Å². The third-order valence-electron chi connectivity index (χ3n) is 14.3. The van der Waals surface area contributed by atoms with E-state index in [9.17, 15) is 19.3 Å². The zero-order valence-electron chi connectivity index (χ0n) is 40.5. The predicted octanol–water partition coefficient (Wildman–Crippen LogP) is 6.98. The molecule has 0 saturated carbocycles. The Balaban J connectivity index is 0.796. The van der Waals surface area contributed by atoms with Crippen LogP contribution in [0.2, 0.25) is 0 Å². The number of aryl methyl sites for hydroxylation is 2. The molecule has 2 aromatic heterocycles. The summed E-state index contributed by atoms with van der Waals surface area (Å²) >= 11 is 3.60. The molecule has 0 aliphatic carbocycles. The van der Waals surface area contributed by atoms with Crippen molar-refractivity contribution in [2.75, 3.05) is 99.3 Å². The van der Waals surface area contributed by atoms with Crippen molar-refractivity contribution in [3.63, 3.8) is 0 Å². The van der Waals surface area contributed by atoms with Crippen molar-refractivity contribution in [3.05, 3.63) is 86.4 Å². The van der Waals surface area contributed by atoms with Crippen LogP contribution in [0.3, 0.4) is 0 Å². The molecule has 0 bridgehead atoms. The highest BCUT2D eigenvalue weighted by Gasteiger charge is 2.36. The molecule has 1 amide bonds. The van der Waals surface area contributed by atoms with Crippen LogP contribution in [0.1, 0.15) is 63.5 Å². The van der Waals surface area contributed by atoms with E-state index in [1.165, 1.54) is 28.1 Å². The first-order valence-corrected chi connectivity index (χ1v) is 27.9. The number of carbonyl (C=O) groups excluding carboxylic acids is 1. The van der Waals surface area contributed by atoms with Crippen molar-refractivity contribution in [1.82, 2.24) is 34.9 Å². The number of piperidine rings is 2. The van der Waals surface area contributed by atoms with Crippen LogP contribution in [0.25, 0.3) is 10.8 Å². The summed E-state index contributed by atoms with van der Waals surface area (Å²) < 4.78 is 52.5. The molecule has 6 heterocycles. The van der Waals surface area contributed by atoms with Gasteiger partial charge in [0.25, 0.3) is 5.56 Å². The number of aromatic nitrogens is 4. The Kier molecular flexibility index (Phi) is 14.8. The van der Waals surface area contributed by atoms with Gasteiger partial charge in [0.1, 0.15) is 36.6 Å². The highest BCUT2D eigenvalue weighted by Crippen LogP contribution is 2.43. The SMILES string of the molecule is CCOc1cc(N2CCC(N3CCN(CC4CN(c5cc(F)c([C@H]6CCC(=O)NC6O)c(F)c5)C4)CC3)CC2)c(CC)cc1Nc1ncc(Br)c(Nc2ccc3c(=O)n(CC)ncc3c2P(C)(C)=O)n1. The van der Waals surface area contributed by atoms with Crippen LogP contribution >= 0.6 is 23.1 Å². The fourth-order valence-corrected chi connectivity index (χ4v) is 12.5. The van der Waals surface area contributed by atoms with Gasteiger partial charge < -0.3 is 45.1 Å². The van der Waals surface area contributed by atoms with Crippen molar-refractivity contribution in [2.45, 2.75) is 77.6 Å². The number of amides is 1. The molecule has 3 aromatic carbocycles. The molecule has 4 saturated heterocycles. The van der Waals surface area contributed by atoms with Gasteiger partial charge in [-0.3, -0.25) is 14.5 Å². The van der Waals surface area contributed by atoms with E-state index in [1.54, 1.807) is 37.9 Å². The number of piperazine rings is 1. The lowest BCUT2D eigenvalue weighted by atomic mass is 9.88. The Morgan fingerprint density at radius 2 is 1.63 bits per heavy atom. The van der Waals surface area contributed by atoms with Crippen molar-refractivity contribution in [3.8, 4) is 5.75 Å². The molecule has 4 N–H and O–H groups in total. The minimum atomic E-state index is -2.91. The largest absolute Gasteiger partial charge is 0.492 e. The van der Waals surface area contributed by atoms with E-state index in [4.69, 9.17) is 9.72 Å². The minimum absolute atomic E-state index is 0.122. The number of nitrogens with zero attached hydrogens (tertiary/aromatic N) is 8. The average Bonchev–Trinajstić information content (AvgIpc) is 3.32. The summed E-state index contributed by atoms with van der Waals surface area (Å²) in [5.74, 6) is -0.579. The van der Waals surface area contributed by atoms with Gasteiger partial charge in [-0.05, 0) is 105 Å². The number of nitrogens with one attached hydrogen (secondary N) is 3. The Labute approximate surface area is 415 Å². The van der Waals surface area contributed by atoms with E-state index in [0.29, 0.717) is 74.6 Å². The number of aliphatic hydroxyl groups is 1. The van der Waals surface area contributed by atoms with E-state index in [1.807, 2.05) is 18.7 Å². The van der Waals surface area contributed by atoms with E-state index in [-0.39, 0.29) is 29.9 Å². The lowest BCUT2D eigenvalue weighted by Crippen LogP contribution is -2.57. The molecule has 1 unspecified atom stereocenters. The summed E-state index contributed by atoms with van der Waals surface area (Å²) in [4.78, 5) is 43.8. The average molecular weight is 1050 g/mol. The van der Waals surface area contributed by atoms with E-state index in [2.05, 4.69) is 75.7 Å². The molecule has 70 heavy (non-hydrogen) atoms. The lowest BCUT2D eigenvalue weighted by molar-refractivity contribution is -0.127. The molecule has 5 aromatic rings. The quantitative estimate of drug-likeness (QED) is 0.0792. The minimum Gasteiger partial charge on any atom is -0.492 e. The Hall–Kier alpha value is -5.20. The second-order valence-corrected chi connectivity index (χ2v) is 23.3. The first kappa shape index (κ1) is 49.8. The van der Waals surface area contributed by atoms with E-state index in [0.717, 1.165) is 83.9 Å². The number of aliphatic hydroxyl groups excluding tert-OH is 1. The molecule has 20 heteroatoms. The molecular weight excluding hydrogens is 983 g/mol. The fraction of sp³-hybridized carbons (Fsp3) is 0.500. The number of hydrogen-bond donors (Lipinski definition) is 4. The third-order valence-corrected chi connectivity index (χ3v) is 16.5. The normalized spacial score (nSPS) is 19.9. The maximum Gasteiger partial charge on any atom is 0.274 e. The summed E-state index contributed by atoms with van der Waals surface area (Å²) in [6.45, 7) is 18.5. The molecule has 4 fully saturated rings. The van der Waals surface area contributed by atoms with Crippen LogP contribution in [0.15, 0.2) is 58.1 Å². The standard InChI is InChI=1S/C50H63BrF2N11O5P/c1-6-31-21-41(57-50-54-26-37(51)47(59-50)56-40-11-9-34-36(46(40)70(4,5)68)25-55-64(7-2)49(34)67)43(69-8-3)24-42(31)62-15-13-32(14-16-62)61-19-17-60(18-20-61)27-30-28-63(29-30)33-22-38(52)45(39(53)23-33)35-10-12-44(65)58-48(35)66/h9,11,21-26,30,32,35,48,66H,6-8,10,12-20,27-29H2,1-5H3,(H,58,65)(H2,54,56,57,59)/t35-,48?/m1/s1. The van der Waals surface area contributed by atoms with Crippen LogP contribution in [0.4, 0.5) is 43.3 Å². The highest BCUT2D eigenvalue weighted by molar-refractivity contribution is 9.10. The third kappa shape index (κ3) is 10.4. The Bertz CT molecular complexity index is 2840. The van der Waals surface area contributed by atoms with Gasteiger partial charge >= 0.3 is 0 Å². The van der Waals surface area contributed by atoms with Crippen LogP contribution in [0, 0.1) is 17.6 Å². The summed E-state index contributed by atoms with van der Waals surface area (Å²) in [5, 5.41) is 25.3. The maximum absolute atomic E-state index is 15.2. The number of carbonyl (C=O) groups is 1. The Morgan fingerprint density at radius 1 is 0.900 bits per heavy atom. The zero-order chi connectivity index (χ0) is 49.4. The molecule has 4 aliphatic heterocycles. The van der Waals surface area contributed by atoms with Crippen LogP contribution in [0.5, 0.6) is 5.75 Å². The predicted molar refractivity (Wildman–Crippen MR) is 275 cm³/mol. The van der Waals surface area contributed by atoms with Gasteiger partial charge in [-0.2, -0.15) is 10.1 Å². The fourth-order valence-electron chi connectivity index (χ4n) is 10.7. The van der Waals surface area contributed by atoms with Gasteiger partial charge in [0, 0.05) is 130 Å². The second-order valence-electron chi connectivity index (χ2n) is 19.2. The number of hydrogen-bond acceptors (Lipinski definition) is 14. The van der Waals surface area contributed by atoms with Crippen molar-refractivity contribution in [2.24, 2.45) is 5.92 Å². The first-order chi connectivity index (χ1) is 33.6. The van der Waals surface area contributed by atoms with Gasteiger partial charge in [0.2, 0.25) is 11.9 Å². The summed E-state index contributed by atoms with van der Waals surface area (Å²) in [7, 11) is -2.91. The molecule has 0 radical (unpaired) electrons. The highest BCUT2D eigenvalue weighted by atomic mass is 79.9. The zero-order valence-corrected chi connectivity index (χ0v) is 43.0. The van der Waals surface area contributed by atoms with Crippen molar-refractivity contribution in [1.29, 1.82) is 0 Å². The molecular formula is C50H63BrF2N11O5P. The Morgan fingerprint density at radius 3 is 2.29 bits per heavy atom. The molecule has 4 aliphatic rings. The van der Waals surface area contributed by atoms with E-state index < -0.39 is 30.9 Å². The van der Waals surface area contributed by atoms with Gasteiger partial charge in [-0.15, -0.1) is 0 Å².